The van der Waals surface area contributed by atoms with E-state index in [0.717, 1.165) is 10.5 Å². The van der Waals surface area contributed by atoms with Gasteiger partial charge >= 0.3 is 0 Å². The second kappa shape index (κ2) is 7.83. The number of carbonyl (C=O) groups is 1. The van der Waals surface area contributed by atoms with Crippen LogP contribution < -0.4 is 10.1 Å². The number of rotatable bonds is 5. The number of halogens is 4. The largest absolute Gasteiger partial charge is 0.454 e. The Kier molecular flexibility index (Phi) is 5.52. The molecule has 0 saturated carbocycles. The number of aromatic nitrogens is 2. The monoisotopic (exact) mass is 443 g/mol. The van der Waals surface area contributed by atoms with Crippen LogP contribution in [0.1, 0.15) is 21.8 Å². The Hall–Kier alpha value is -2.46. The molecule has 1 heterocycles. The van der Waals surface area contributed by atoms with Gasteiger partial charge in [0.1, 0.15) is 5.75 Å². The Balaban J connectivity index is 1.71. The second-order valence-corrected chi connectivity index (χ2v) is 6.83. The smallest absolute Gasteiger partial charge is 0.291 e. The van der Waals surface area contributed by atoms with Gasteiger partial charge in [-0.2, -0.15) is 0 Å². The van der Waals surface area contributed by atoms with E-state index >= 15 is 0 Å². The van der Waals surface area contributed by atoms with E-state index in [-0.39, 0.29) is 16.4 Å². The number of benzene rings is 2. The molecule has 0 aliphatic heterocycles. The third-order valence-corrected chi connectivity index (χ3v) is 4.46. The van der Waals surface area contributed by atoms with Gasteiger partial charge in [0.15, 0.2) is 16.6 Å². The van der Waals surface area contributed by atoms with Crippen LogP contribution in [0.3, 0.4) is 0 Å². The van der Waals surface area contributed by atoms with Crippen molar-refractivity contribution in [2.45, 2.75) is 6.43 Å². The lowest BCUT2D eigenvalue weighted by molar-refractivity contribution is 0.102. The van der Waals surface area contributed by atoms with Crippen molar-refractivity contribution < 1.29 is 22.7 Å². The van der Waals surface area contributed by atoms with E-state index in [2.05, 4.69) is 31.4 Å². The molecule has 0 fully saturated rings. The molecule has 26 heavy (non-hydrogen) atoms. The molecule has 0 saturated heterocycles. The van der Waals surface area contributed by atoms with Crippen LogP contribution in [0.15, 0.2) is 46.9 Å². The summed E-state index contributed by atoms with van der Waals surface area (Å²) in [6.07, 6.45) is -2.77. The Bertz CT molecular complexity index is 935. The van der Waals surface area contributed by atoms with Crippen molar-refractivity contribution in [1.29, 1.82) is 0 Å². The van der Waals surface area contributed by atoms with E-state index in [0.29, 0.717) is 17.1 Å². The molecule has 1 N–H and O–H groups in total. The Morgan fingerprint density at radius 2 is 1.88 bits per heavy atom. The number of nitrogens with zero attached hydrogens (tertiary/aromatic N) is 2. The van der Waals surface area contributed by atoms with Crippen molar-refractivity contribution in [3.63, 3.8) is 0 Å². The molecule has 0 atom stereocenters. The van der Waals surface area contributed by atoms with Gasteiger partial charge in [-0.1, -0.05) is 27.3 Å². The molecule has 0 radical (unpaired) electrons. The first-order chi connectivity index (χ1) is 12.4. The molecule has 5 nitrogen and oxygen atoms in total. The van der Waals surface area contributed by atoms with Crippen LogP contribution in [0.25, 0.3) is 0 Å². The minimum absolute atomic E-state index is 0.0144. The molecule has 0 spiro atoms. The van der Waals surface area contributed by atoms with Crippen molar-refractivity contribution in [2.75, 3.05) is 5.32 Å². The predicted octanol–water partition coefficient (Wildman–Crippen LogP) is 5.42. The first kappa shape index (κ1) is 18.3. The molecular weight excluding hydrogens is 435 g/mol. The lowest BCUT2D eigenvalue weighted by Crippen LogP contribution is -2.12. The number of hydrogen-bond acceptors (Lipinski definition) is 5. The maximum absolute atomic E-state index is 14.2. The molecule has 3 aromatic rings. The summed E-state index contributed by atoms with van der Waals surface area (Å²) in [6.45, 7) is 0. The van der Waals surface area contributed by atoms with Crippen LogP contribution in [0.4, 0.5) is 18.3 Å². The minimum atomic E-state index is -2.77. The van der Waals surface area contributed by atoms with Crippen LogP contribution in [-0.4, -0.2) is 16.1 Å². The zero-order valence-electron chi connectivity index (χ0n) is 12.7. The van der Waals surface area contributed by atoms with Crippen molar-refractivity contribution in [2.24, 2.45) is 0 Å². The van der Waals surface area contributed by atoms with Gasteiger partial charge in [0.2, 0.25) is 5.13 Å². The highest BCUT2D eigenvalue weighted by atomic mass is 79.9. The third-order valence-electron chi connectivity index (χ3n) is 3.08. The van der Waals surface area contributed by atoms with E-state index in [1.807, 2.05) is 0 Å². The lowest BCUT2D eigenvalue weighted by Gasteiger charge is -2.08. The van der Waals surface area contributed by atoms with E-state index in [1.54, 1.807) is 24.3 Å². The first-order valence-corrected chi connectivity index (χ1v) is 8.69. The van der Waals surface area contributed by atoms with Gasteiger partial charge in [-0.05, 0) is 42.5 Å². The van der Waals surface area contributed by atoms with Crippen molar-refractivity contribution >= 4 is 38.3 Å². The molecule has 10 heteroatoms. The van der Waals surface area contributed by atoms with Gasteiger partial charge in [-0.25, -0.2) is 13.2 Å². The molecule has 1 amide bonds. The fourth-order valence-electron chi connectivity index (χ4n) is 1.90. The van der Waals surface area contributed by atoms with E-state index < -0.39 is 23.2 Å². The standard InChI is InChI=1S/C16H9BrF3N3O2S/c17-9-2-4-10(5-3-9)25-12-6-1-8(7-11(12)18)14(24)21-16-23-22-15(26-16)13(19)20/h1-7,13H,(H,21,23,24). The summed E-state index contributed by atoms with van der Waals surface area (Å²) in [5.74, 6) is -1.07. The van der Waals surface area contributed by atoms with Crippen LogP contribution >= 0.6 is 27.3 Å². The zero-order valence-corrected chi connectivity index (χ0v) is 15.2. The number of ether oxygens (including phenoxy) is 1. The number of anilines is 1. The lowest BCUT2D eigenvalue weighted by atomic mass is 10.2. The molecule has 1 aromatic heterocycles. The number of amides is 1. The zero-order chi connectivity index (χ0) is 18.7. The highest BCUT2D eigenvalue weighted by molar-refractivity contribution is 9.10. The Morgan fingerprint density at radius 3 is 2.50 bits per heavy atom. The second-order valence-electron chi connectivity index (χ2n) is 4.90. The SMILES string of the molecule is O=C(Nc1nnc(C(F)F)s1)c1ccc(Oc2ccc(Br)cc2)c(F)c1. The summed E-state index contributed by atoms with van der Waals surface area (Å²) in [7, 11) is 0. The van der Waals surface area contributed by atoms with Gasteiger partial charge in [-0.3, -0.25) is 10.1 Å². The third kappa shape index (κ3) is 4.38. The van der Waals surface area contributed by atoms with Crippen molar-refractivity contribution in [3.8, 4) is 11.5 Å². The minimum Gasteiger partial charge on any atom is -0.454 e. The van der Waals surface area contributed by atoms with Crippen LogP contribution in [0, 0.1) is 5.82 Å². The fraction of sp³-hybridized carbons (Fsp3) is 0.0625. The van der Waals surface area contributed by atoms with Gasteiger partial charge in [0.25, 0.3) is 12.3 Å². The van der Waals surface area contributed by atoms with Gasteiger partial charge in [-0.15, -0.1) is 10.2 Å². The summed E-state index contributed by atoms with van der Waals surface area (Å²) >= 11 is 3.83. The molecule has 0 bridgehead atoms. The highest BCUT2D eigenvalue weighted by Gasteiger charge is 2.17. The van der Waals surface area contributed by atoms with Crippen LogP contribution in [0.2, 0.25) is 0 Å². The Morgan fingerprint density at radius 1 is 1.15 bits per heavy atom. The van der Waals surface area contributed by atoms with Gasteiger partial charge in [0.05, 0.1) is 0 Å². The van der Waals surface area contributed by atoms with Crippen LogP contribution in [0.5, 0.6) is 11.5 Å². The summed E-state index contributed by atoms with van der Waals surface area (Å²) < 4.78 is 45.4. The number of alkyl halides is 2. The molecule has 0 unspecified atom stereocenters. The maximum atomic E-state index is 14.2. The first-order valence-electron chi connectivity index (χ1n) is 7.08. The quantitative estimate of drug-likeness (QED) is 0.571. The van der Waals surface area contributed by atoms with E-state index in [4.69, 9.17) is 4.74 Å². The summed E-state index contributed by atoms with van der Waals surface area (Å²) in [5.41, 5.74) is -0.0144. The molecule has 134 valence electrons. The van der Waals surface area contributed by atoms with Crippen molar-refractivity contribution in [3.05, 3.63) is 63.3 Å². The van der Waals surface area contributed by atoms with Crippen molar-refractivity contribution in [1.82, 2.24) is 10.2 Å². The molecular formula is C16H9BrF3N3O2S. The van der Waals surface area contributed by atoms with Gasteiger partial charge < -0.3 is 4.74 Å². The van der Waals surface area contributed by atoms with Gasteiger partial charge in [0, 0.05) is 10.0 Å². The average Bonchev–Trinajstić information content (AvgIpc) is 3.07. The number of hydrogen-bond donors (Lipinski definition) is 1. The predicted molar refractivity (Wildman–Crippen MR) is 93.4 cm³/mol. The number of nitrogens with one attached hydrogen (secondary N) is 1. The summed E-state index contributed by atoms with van der Waals surface area (Å²) in [5, 5.41) is 8.38. The topological polar surface area (TPSA) is 64.1 Å². The van der Waals surface area contributed by atoms with E-state index in [1.165, 1.54) is 12.1 Å². The molecule has 0 aliphatic rings. The molecule has 3 rings (SSSR count). The Labute approximate surface area is 158 Å². The molecule has 0 aliphatic carbocycles. The summed E-state index contributed by atoms with van der Waals surface area (Å²) in [4.78, 5) is 12.1. The molecule has 2 aromatic carbocycles. The van der Waals surface area contributed by atoms with E-state index in [9.17, 15) is 18.0 Å². The average molecular weight is 444 g/mol. The summed E-state index contributed by atoms with van der Waals surface area (Å²) in [6, 6.07) is 10.4. The number of carbonyl (C=O) groups excluding carboxylic acids is 1. The normalized spacial score (nSPS) is 10.8. The highest BCUT2D eigenvalue weighted by Crippen LogP contribution is 2.28. The maximum Gasteiger partial charge on any atom is 0.291 e. The fourth-order valence-corrected chi connectivity index (χ4v) is 2.76. The van der Waals surface area contributed by atoms with Crippen LogP contribution in [-0.2, 0) is 0 Å².